The summed E-state index contributed by atoms with van der Waals surface area (Å²) >= 11 is 0. The van der Waals surface area contributed by atoms with E-state index in [0.717, 1.165) is 24.9 Å². The number of hydrogen-bond donors (Lipinski definition) is 3. The van der Waals surface area contributed by atoms with Crippen molar-refractivity contribution in [2.75, 3.05) is 32.1 Å². The highest BCUT2D eigenvalue weighted by atomic mass is 16.4. The molecule has 2 aromatic rings. The number of hydrogen-bond acceptors (Lipinski definition) is 4. The van der Waals surface area contributed by atoms with Gasteiger partial charge in [0, 0.05) is 49.4 Å². The number of urea groups is 1. The fourth-order valence-corrected chi connectivity index (χ4v) is 4.40. The quantitative estimate of drug-likeness (QED) is 0.599. The molecule has 0 fully saturated rings. The summed E-state index contributed by atoms with van der Waals surface area (Å²) in [7, 11) is 2.21. The number of nitrogens with zero attached hydrogens (tertiary/aromatic N) is 3. The highest BCUT2D eigenvalue weighted by Gasteiger charge is 2.31. The normalized spacial score (nSPS) is 17.1. The number of aromatic nitrogens is 1. The molecule has 1 aliphatic heterocycles. The lowest BCUT2D eigenvalue weighted by Gasteiger charge is -2.36. The smallest absolute Gasteiger partial charge is 0.336 e. The summed E-state index contributed by atoms with van der Waals surface area (Å²) in [5.41, 5.74) is 8.23. The minimum absolute atomic E-state index is 0.0492. The third-order valence-electron chi connectivity index (χ3n) is 6.00. The highest BCUT2D eigenvalue weighted by Crippen LogP contribution is 2.40. The van der Waals surface area contributed by atoms with Crippen molar-refractivity contribution < 1.29 is 24.6 Å². The number of benzene rings is 1. The van der Waals surface area contributed by atoms with E-state index in [1.807, 2.05) is 18.5 Å². The molecule has 2 aliphatic rings. The predicted octanol–water partition coefficient (Wildman–Crippen LogP) is 3.00. The molecular weight excluding hydrogens is 424 g/mol. The zero-order valence-electron chi connectivity index (χ0n) is 19.1. The zero-order valence-corrected chi connectivity index (χ0v) is 19.1. The van der Waals surface area contributed by atoms with Gasteiger partial charge >= 0.3 is 18.0 Å². The first-order chi connectivity index (χ1) is 15.8. The first-order valence-electron chi connectivity index (χ1n) is 11.0. The molecule has 9 heteroatoms. The molecule has 4 rings (SSSR count). The molecule has 176 valence electrons. The minimum atomic E-state index is -1.26. The maximum atomic E-state index is 12.5. The number of carbonyl (C=O) groups excluding carboxylic acids is 1. The minimum Gasteiger partial charge on any atom is -0.478 e. The summed E-state index contributed by atoms with van der Waals surface area (Å²) in [6, 6.07) is 6.81. The van der Waals surface area contributed by atoms with Crippen molar-refractivity contribution in [1.29, 1.82) is 0 Å². The second kappa shape index (κ2) is 10.4. The summed E-state index contributed by atoms with van der Waals surface area (Å²) in [6.07, 6.45) is 7.73. The van der Waals surface area contributed by atoms with Crippen LogP contribution in [0.4, 0.5) is 4.79 Å². The molecule has 9 nitrogen and oxygen atoms in total. The van der Waals surface area contributed by atoms with Crippen LogP contribution in [0.2, 0.25) is 0 Å². The van der Waals surface area contributed by atoms with Crippen LogP contribution in [-0.2, 0) is 16.0 Å². The van der Waals surface area contributed by atoms with Crippen molar-refractivity contribution in [3.8, 4) is 0 Å². The molecule has 0 unspecified atom stereocenters. The Morgan fingerprint density at radius 2 is 1.82 bits per heavy atom. The van der Waals surface area contributed by atoms with E-state index in [2.05, 4.69) is 47.8 Å². The Balaban J connectivity index is 0.000000331. The van der Waals surface area contributed by atoms with E-state index in [9.17, 15) is 14.4 Å². The molecule has 1 aromatic carbocycles. The Bertz CT molecular complexity index is 1100. The second-order valence-corrected chi connectivity index (χ2v) is 7.97. The van der Waals surface area contributed by atoms with Crippen LogP contribution in [0, 0.1) is 0 Å². The fourth-order valence-electron chi connectivity index (χ4n) is 4.40. The number of carbonyl (C=O) groups is 3. The van der Waals surface area contributed by atoms with Gasteiger partial charge in [0.1, 0.15) is 0 Å². The van der Waals surface area contributed by atoms with Crippen LogP contribution in [0.5, 0.6) is 0 Å². The molecule has 2 heterocycles. The molecule has 1 aromatic heterocycles. The van der Waals surface area contributed by atoms with Gasteiger partial charge in [-0.1, -0.05) is 18.2 Å². The second-order valence-electron chi connectivity index (χ2n) is 7.97. The van der Waals surface area contributed by atoms with Crippen LogP contribution in [0.3, 0.4) is 0 Å². The summed E-state index contributed by atoms with van der Waals surface area (Å²) in [5.74, 6) is -2.51. The van der Waals surface area contributed by atoms with Crippen molar-refractivity contribution in [1.82, 2.24) is 14.5 Å². The molecular formula is C24H30N4O5. The van der Waals surface area contributed by atoms with E-state index in [0.29, 0.717) is 31.3 Å². The van der Waals surface area contributed by atoms with Crippen molar-refractivity contribution in [2.45, 2.75) is 32.7 Å². The molecule has 33 heavy (non-hydrogen) atoms. The lowest BCUT2D eigenvalue weighted by Crippen LogP contribution is -2.39. The topological polar surface area (TPSA) is 115 Å². The molecule has 0 radical (unpaired) electrons. The third-order valence-corrected chi connectivity index (χ3v) is 6.00. The van der Waals surface area contributed by atoms with Gasteiger partial charge < -0.3 is 15.1 Å². The SMILES string of the molecule is CCN(CC)C(=O)Nn1cc2c3c(cccc31)C1=CCCN(C)[C@@H]1C2.O=C(O)/C=C\C(=O)O. The zero-order chi connectivity index (χ0) is 24.1. The van der Waals surface area contributed by atoms with E-state index < -0.39 is 11.9 Å². The highest BCUT2D eigenvalue weighted by molar-refractivity contribution is 5.99. The predicted molar refractivity (Wildman–Crippen MR) is 127 cm³/mol. The van der Waals surface area contributed by atoms with E-state index in [1.165, 1.54) is 22.1 Å². The molecule has 0 spiro atoms. The van der Waals surface area contributed by atoms with Crippen molar-refractivity contribution in [2.24, 2.45) is 0 Å². The van der Waals surface area contributed by atoms with Crippen molar-refractivity contribution in [3.63, 3.8) is 0 Å². The van der Waals surface area contributed by atoms with Gasteiger partial charge in [-0.3, -0.25) is 9.58 Å². The van der Waals surface area contributed by atoms with Crippen molar-refractivity contribution in [3.05, 3.63) is 53.8 Å². The number of carboxylic acids is 2. The van der Waals surface area contributed by atoms with Gasteiger partial charge in [0.05, 0.1) is 5.52 Å². The van der Waals surface area contributed by atoms with Gasteiger partial charge in [-0.15, -0.1) is 0 Å². The summed E-state index contributed by atoms with van der Waals surface area (Å²) in [6.45, 7) is 6.53. The lowest BCUT2D eigenvalue weighted by molar-refractivity contribution is -0.134. The summed E-state index contributed by atoms with van der Waals surface area (Å²) < 4.78 is 1.91. The van der Waals surface area contributed by atoms with E-state index in [1.54, 1.807) is 4.90 Å². The Labute approximate surface area is 192 Å². The molecule has 3 N–H and O–H groups in total. The first-order valence-corrected chi connectivity index (χ1v) is 11.0. The monoisotopic (exact) mass is 454 g/mol. The average Bonchev–Trinajstić information content (AvgIpc) is 3.13. The number of carboxylic acid groups (broad SMARTS) is 2. The largest absolute Gasteiger partial charge is 0.478 e. The van der Waals surface area contributed by atoms with Crippen LogP contribution in [0.25, 0.3) is 16.5 Å². The Kier molecular flexibility index (Phi) is 7.55. The summed E-state index contributed by atoms with van der Waals surface area (Å²) in [5, 5.41) is 16.9. The van der Waals surface area contributed by atoms with E-state index in [-0.39, 0.29) is 6.03 Å². The van der Waals surface area contributed by atoms with Crippen molar-refractivity contribution >= 4 is 34.4 Å². The average molecular weight is 455 g/mol. The van der Waals surface area contributed by atoms with Crippen LogP contribution in [0.1, 0.15) is 31.4 Å². The number of rotatable bonds is 5. The van der Waals surface area contributed by atoms with Gasteiger partial charge in [-0.05, 0) is 56.5 Å². The summed E-state index contributed by atoms with van der Waals surface area (Å²) in [4.78, 5) is 35.8. The first kappa shape index (κ1) is 24.1. The Morgan fingerprint density at radius 1 is 1.15 bits per heavy atom. The van der Waals surface area contributed by atoms with Gasteiger partial charge in [-0.25, -0.2) is 19.8 Å². The number of fused-ring (bicyclic) bond motifs is 2. The molecule has 0 bridgehead atoms. The molecule has 1 aliphatic carbocycles. The number of aliphatic carboxylic acids is 2. The lowest BCUT2D eigenvalue weighted by atomic mass is 9.82. The van der Waals surface area contributed by atoms with Crippen LogP contribution in [0.15, 0.2) is 42.6 Å². The molecule has 0 saturated carbocycles. The van der Waals surface area contributed by atoms with Crippen LogP contribution < -0.4 is 5.43 Å². The van der Waals surface area contributed by atoms with Gasteiger partial charge in [0.2, 0.25) is 0 Å². The molecule has 0 saturated heterocycles. The number of likely N-dealkylation sites (N-methyl/N-ethyl adjacent to an activating group) is 1. The number of nitrogens with one attached hydrogen (secondary N) is 1. The van der Waals surface area contributed by atoms with Gasteiger partial charge in [0.25, 0.3) is 0 Å². The van der Waals surface area contributed by atoms with Crippen LogP contribution >= 0.6 is 0 Å². The van der Waals surface area contributed by atoms with Crippen LogP contribution in [-0.4, -0.2) is 75.4 Å². The maximum Gasteiger partial charge on any atom is 0.336 e. The standard InChI is InChI=1S/C20H26N4O.C4H4O4/c1-4-23(5-2)20(25)21-24-13-14-12-18-15(9-7-11-22(18)3)16-8-6-10-17(24)19(14)16;5-3(6)1-2-4(7)8/h6,8-10,13,18H,4-5,7,11-12H2,1-3H3,(H,21,25);1-2H,(H,5,6)(H,7,8)/b;2-1-/t18-;/m1./s1. The van der Waals surface area contributed by atoms with E-state index >= 15 is 0 Å². The van der Waals surface area contributed by atoms with Gasteiger partial charge in [-0.2, -0.15) is 0 Å². The fraction of sp³-hybridized carbons (Fsp3) is 0.375. The Hall–Kier alpha value is -3.59. The Morgan fingerprint density at radius 3 is 2.42 bits per heavy atom. The maximum absolute atomic E-state index is 12.5. The molecule has 1 atom stereocenters. The number of amides is 2. The van der Waals surface area contributed by atoms with Gasteiger partial charge in [0.15, 0.2) is 0 Å². The van der Waals surface area contributed by atoms with E-state index in [4.69, 9.17) is 10.2 Å². The molecule has 2 amide bonds. The third kappa shape index (κ3) is 5.25.